The van der Waals surface area contributed by atoms with Gasteiger partial charge in [0, 0.05) is 6.54 Å². The summed E-state index contributed by atoms with van der Waals surface area (Å²) in [7, 11) is 0. The Bertz CT molecular complexity index is 469. The molecule has 0 aliphatic carbocycles. The van der Waals surface area contributed by atoms with Gasteiger partial charge >= 0.3 is 0 Å². The first kappa shape index (κ1) is 12.0. The Kier molecular flexibility index (Phi) is 3.27. The van der Waals surface area contributed by atoms with Gasteiger partial charge in [-0.05, 0) is 43.5 Å². The Morgan fingerprint density at radius 1 is 1.44 bits per heavy atom. The summed E-state index contributed by atoms with van der Waals surface area (Å²) in [5.74, 6) is 0.730. The Morgan fingerprint density at radius 2 is 2.33 bits per heavy atom. The van der Waals surface area contributed by atoms with Gasteiger partial charge in [0.2, 0.25) is 5.91 Å². The number of piperidine rings is 1. The molecule has 18 heavy (non-hydrogen) atoms. The lowest BCUT2D eigenvalue weighted by molar-refractivity contribution is -0.117. The van der Waals surface area contributed by atoms with E-state index in [4.69, 9.17) is 11.6 Å². The van der Waals surface area contributed by atoms with Gasteiger partial charge in [0.25, 0.3) is 0 Å². The third-order valence-corrected chi connectivity index (χ3v) is 4.13. The standard InChI is InChI=1S/C14H17ClN2O/c15-12-5-1-4-11-7-13(18)17(14(11)12)9-10-3-2-6-16-8-10/h1,4-5,10,16H,2-3,6-9H2. The summed E-state index contributed by atoms with van der Waals surface area (Å²) < 4.78 is 0. The number of nitrogens with zero attached hydrogens (tertiary/aromatic N) is 1. The number of para-hydroxylation sites is 1. The van der Waals surface area contributed by atoms with Crippen molar-refractivity contribution in [1.82, 2.24) is 5.32 Å². The third-order valence-electron chi connectivity index (χ3n) is 3.82. The summed E-state index contributed by atoms with van der Waals surface area (Å²) in [6.45, 7) is 2.90. The Labute approximate surface area is 112 Å². The molecule has 2 heterocycles. The summed E-state index contributed by atoms with van der Waals surface area (Å²) in [6.07, 6.45) is 2.88. The zero-order chi connectivity index (χ0) is 12.5. The maximum atomic E-state index is 12.1. The summed E-state index contributed by atoms with van der Waals surface area (Å²) in [4.78, 5) is 14.0. The van der Waals surface area contributed by atoms with Gasteiger partial charge in [-0.3, -0.25) is 4.79 Å². The van der Waals surface area contributed by atoms with Crippen LogP contribution in [0.2, 0.25) is 5.02 Å². The summed E-state index contributed by atoms with van der Waals surface area (Å²) in [5.41, 5.74) is 2.01. The fourth-order valence-corrected chi connectivity index (χ4v) is 3.22. The van der Waals surface area contributed by atoms with E-state index in [1.165, 1.54) is 12.8 Å². The summed E-state index contributed by atoms with van der Waals surface area (Å²) in [5, 5.41) is 4.09. The van der Waals surface area contributed by atoms with Gasteiger partial charge in [0.05, 0.1) is 17.1 Å². The van der Waals surface area contributed by atoms with Gasteiger partial charge in [0.1, 0.15) is 0 Å². The molecule has 1 aromatic rings. The molecule has 3 nitrogen and oxygen atoms in total. The van der Waals surface area contributed by atoms with E-state index >= 15 is 0 Å². The van der Waals surface area contributed by atoms with Crippen molar-refractivity contribution < 1.29 is 4.79 Å². The molecule has 0 spiro atoms. The molecule has 0 radical (unpaired) electrons. The molecule has 0 aromatic heterocycles. The average Bonchev–Trinajstić information content (AvgIpc) is 2.69. The summed E-state index contributed by atoms with van der Waals surface area (Å²) in [6, 6.07) is 5.78. The highest BCUT2D eigenvalue weighted by Crippen LogP contribution is 2.36. The minimum atomic E-state index is 0.184. The number of amides is 1. The SMILES string of the molecule is O=C1Cc2cccc(Cl)c2N1CC1CCCNC1. The van der Waals surface area contributed by atoms with Crippen molar-refractivity contribution in [3.63, 3.8) is 0 Å². The first-order valence-electron chi connectivity index (χ1n) is 6.54. The highest BCUT2D eigenvalue weighted by molar-refractivity contribution is 6.34. The molecular weight excluding hydrogens is 248 g/mol. The number of nitrogens with one attached hydrogen (secondary N) is 1. The first-order chi connectivity index (χ1) is 8.75. The van der Waals surface area contributed by atoms with Crippen molar-refractivity contribution in [3.05, 3.63) is 28.8 Å². The highest BCUT2D eigenvalue weighted by Gasteiger charge is 2.31. The molecule has 2 aliphatic heterocycles. The second-order valence-electron chi connectivity index (χ2n) is 5.14. The third kappa shape index (κ3) is 2.13. The monoisotopic (exact) mass is 264 g/mol. The first-order valence-corrected chi connectivity index (χ1v) is 6.92. The van der Waals surface area contributed by atoms with Crippen LogP contribution in [-0.4, -0.2) is 25.5 Å². The molecule has 1 aromatic carbocycles. The van der Waals surface area contributed by atoms with Crippen LogP contribution in [0, 0.1) is 5.92 Å². The molecule has 1 N–H and O–H groups in total. The highest BCUT2D eigenvalue weighted by atomic mass is 35.5. The molecule has 1 atom stereocenters. The minimum Gasteiger partial charge on any atom is -0.316 e. The van der Waals surface area contributed by atoms with Crippen molar-refractivity contribution in [1.29, 1.82) is 0 Å². The van der Waals surface area contributed by atoms with E-state index in [0.717, 1.165) is 30.9 Å². The van der Waals surface area contributed by atoms with Gasteiger partial charge in [-0.2, -0.15) is 0 Å². The molecule has 1 unspecified atom stereocenters. The molecule has 1 fully saturated rings. The van der Waals surface area contributed by atoms with Crippen LogP contribution in [0.5, 0.6) is 0 Å². The molecule has 1 saturated heterocycles. The average molecular weight is 265 g/mol. The van der Waals surface area contributed by atoms with Crippen molar-refractivity contribution in [2.45, 2.75) is 19.3 Å². The smallest absolute Gasteiger partial charge is 0.231 e. The molecular formula is C14H17ClN2O. The van der Waals surface area contributed by atoms with E-state index in [0.29, 0.717) is 17.4 Å². The van der Waals surface area contributed by atoms with Crippen LogP contribution < -0.4 is 10.2 Å². The van der Waals surface area contributed by atoms with E-state index in [1.807, 2.05) is 23.1 Å². The van der Waals surface area contributed by atoms with E-state index < -0.39 is 0 Å². The molecule has 0 saturated carbocycles. The lowest BCUT2D eigenvalue weighted by atomic mass is 9.99. The zero-order valence-corrected chi connectivity index (χ0v) is 11.0. The van der Waals surface area contributed by atoms with Crippen LogP contribution >= 0.6 is 11.6 Å². The number of hydrogen-bond acceptors (Lipinski definition) is 2. The van der Waals surface area contributed by atoms with Crippen molar-refractivity contribution in [2.24, 2.45) is 5.92 Å². The van der Waals surface area contributed by atoms with Crippen LogP contribution in [0.25, 0.3) is 0 Å². The van der Waals surface area contributed by atoms with Crippen LogP contribution in [0.4, 0.5) is 5.69 Å². The van der Waals surface area contributed by atoms with Crippen LogP contribution in [0.1, 0.15) is 18.4 Å². The number of fused-ring (bicyclic) bond motifs is 1. The number of halogens is 1. The predicted molar refractivity (Wildman–Crippen MR) is 73.1 cm³/mol. The van der Waals surface area contributed by atoms with Gasteiger partial charge in [-0.15, -0.1) is 0 Å². The second-order valence-corrected chi connectivity index (χ2v) is 5.55. The molecule has 0 bridgehead atoms. The number of anilines is 1. The topological polar surface area (TPSA) is 32.3 Å². The van der Waals surface area contributed by atoms with Gasteiger partial charge in [-0.1, -0.05) is 23.7 Å². The van der Waals surface area contributed by atoms with Crippen molar-refractivity contribution in [3.8, 4) is 0 Å². The fraction of sp³-hybridized carbons (Fsp3) is 0.500. The van der Waals surface area contributed by atoms with Gasteiger partial charge < -0.3 is 10.2 Å². The number of carbonyl (C=O) groups is 1. The Morgan fingerprint density at radius 3 is 3.11 bits per heavy atom. The van der Waals surface area contributed by atoms with E-state index in [1.54, 1.807) is 0 Å². The molecule has 2 aliphatic rings. The second kappa shape index (κ2) is 4.90. The van der Waals surface area contributed by atoms with E-state index in [9.17, 15) is 4.79 Å². The molecule has 4 heteroatoms. The number of benzene rings is 1. The van der Waals surface area contributed by atoms with Crippen LogP contribution in [0.15, 0.2) is 18.2 Å². The molecule has 3 rings (SSSR count). The van der Waals surface area contributed by atoms with Crippen LogP contribution in [-0.2, 0) is 11.2 Å². The Balaban J connectivity index is 1.82. The number of hydrogen-bond donors (Lipinski definition) is 1. The fourth-order valence-electron chi connectivity index (χ4n) is 2.92. The van der Waals surface area contributed by atoms with Gasteiger partial charge in [0.15, 0.2) is 0 Å². The normalized spacial score (nSPS) is 23.3. The quantitative estimate of drug-likeness (QED) is 0.889. The molecule has 96 valence electrons. The maximum absolute atomic E-state index is 12.1. The lowest BCUT2D eigenvalue weighted by Gasteiger charge is -2.28. The largest absolute Gasteiger partial charge is 0.316 e. The predicted octanol–water partition coefficient (Wildman–Crippen LogP) is 2.23. The number of carbonyl (C=O) groups excluding carboxylic acids is 1. The van der Waals surface area contributed by atoms with Crippen molar-refractivity contribution in [2.75, 3.05) is 24.5 Å². The lowest BCUT2D eigenvalue weighted by Crippen LogP contribution is -2.39. The minimum absolute atomic E-state index is 0.184. The zero-order valence-electron chi connectivity index (χ0n) is 10.3. The molecule has 1 amide bonds. The van der Waals surface area contributed by atoms with Crippen molar-refractivity contribution >= 4 is 23.2 Å². The maximum Gasteiger partial charge on any atom is 0.231 e. The Hall–Kier alpha value is -1.06. The van der Waals surface area contributed by atoms with E-state index in [2.05, 4.69) is 5.32 Å². The van der Waals surface area contributed by atoms with Gasteiger partial charge in [-0.25, -0.2) is 0 Å². The summed E-state index contributed by atoms with van der Waals surface area (Å²) >= 11 is 6.24. The van der Waals surface area contributed by atoms with E-state index in [-0.39, 0.29) is 5.91 Å². The number of rotatable bonds is 2. The van der Waals surface area contributed by atoms with Crippen LogP contribution in [0.3, 0.4) is 0 Å².